The molecule has 0 fully saturated rings. The highest BCUT2D eigenvalue weighted by atomic mass is 32.2. The first-order valence-corrected chi connectivity index (χ1v) is 10.5. The molecule has 2 heterocycles. The highest BCUT2D eigenvalue weighted by Crippen LogP contribution is 2.28. The number of thioether (sulfide) groups is 1. The van der Waals surface area contributed by atoms with Gasteiger partial charge in [0.1, 0.15) is 0 Å². The molecule has 2 aromatic heterocycles. The molecular weight excluding hydrogens is 374 g/mol. The Bertz CT molecular complexity index is 760. The molecular formula is C17H19N3O2S3. The fraction of sp³-hybridized carbons (Fsp3) is 0.294. The number of aliphatic hydroxyl groups excluding tert-OH is 1. The minimum absolute atomic E-state index is 0.318. The SMILES string of the molecule is Cc1ccc(Nc2nnc(SC[C@@H](O)COCc3cccs3)s2)cc1. The van der Waals surface area contributed by atoms with Crippen molar-refractivity contribution < 1.29 is 9.84 Å². The van der Waals surface area contributed by atoms with Gasteiger partial charge in [0.05, 0.1) is 19.3 Å². The summed E-state index contributed by atoms with van der Waals surface area (Å²) in [5, 5.41) is 24.3. The van der Waals surface area contributed by atoms with Crippen LogP contribution < -0.4 is 5.32 Å². The van der Waals surface area contributed by atoms with Gasteiger partial charge in [-0.05, 0) is 30.5 Å². The van der Waals surface area contributed by atoms with Gasteiger partial charge in [0, 0.05) is 16.3 Å². The quantitative estimate of drug-likeness (QED) is 0.528. The van der Waals surface area contributed by atoms with Crippen LogP contribution >= 0.6 is 34.4 Å². The normalized spacial score (nSPS) is 12.2. The van der Waals surface area contributed by atoms with Crippen LogP contribution in [0.3, 0.4) is 0 Å². The average Bonchev–Trinajstić information content (AvgIpc) is 3.27. The number of nitrogens with zero attached hydrogens (tertiary/aromatic N) is 2. The molecule has 0 aliphatic heterocycles. The van der Waals surface area contributed by atoms with Gasteiger partial charge in [0.15, 0.2) is 4.34 Å². The van der Waals surface area contributed by atoms with Crippen molar-refractivity contribution in [1.29, 1.82) is 0 Å². The summed E-state index contributed by atoms with van der Waals surface area (Å²) in [5.41, 5.74) is 2.20. The summed E-state index contributed by atoms with van der Waals surface area (Å²) in [6.07, 6.45) is -0.526. The number of aromatic nitrogens is 2. The van der Waals surface area contributed by atoms with E-state index < -0.39 is 6.10 Å². The van der Waals surface area contributed by atoms with E-state index in [1.54, 1.807) is 11.3 Å². The maximum Gasteiger partial charge on any atom is 0.210 e. The molecule has 25 heavy (non-hydrogen) atoms. The summed E-state index contributed by atoms with van der Waals surface area (Å²) in [5.74, 6) is 0.531. The van der Waals surface area contributed by atoms with Gasteiger partial charge in [-0.25, -0.2) is 0 Å². The van der Waals surface area contributed by atoms with E-state index in [1.807, 2.05) is 41.8 Å². The number of aliphatic hydroxyl groups is 1. The van der Waals surface area contributed by atoms with Gasteiger partial charge in [-0.2, -0.15) is 0 Å². The maximum absolute atomic E-state index is 10.0. The minimum atomic E-state index is -0.526. The Hall–Kier alpha value is -1.45. The minimum Gasteiger partial charge on any atom is -0.390 e. The molecule has 0 unspecified atom stereocenters. The summed E-state index contributed by atoms with van der Waals surface area (Å²) in [4.78, 5) is 1.16. The second kappa shape index (κ2) is 9.30. The largest absolute Gasteiger partial charge is 0.390 e. The molecule has 0 aliphatic rings. The van der Waals surface area contributed by atoms with E-state index in [4.69, 9.17) is 4.74 Å². The van der Waals surface area contributed by atoms with Crippen molar-refractivity contribution in [2.75, 3.05) is 17.7 Å². The Kier molecular flexibility index (Phi) is 6.83. The van der Waals surface area contributed by atoms with Crippen LogP contribution in [0.5, 0.6) is 0 Å². The standard InChI is InChI=1S/C17H19N3O2S3/c1-12-4-6-13(7-5-12)18-16-19-20-17(25-16)24-11-14(21)9-22-10-15-3-2-8-23-15/h2-8,14,21H,9-11H2,1H3,(H,18,19)/t14-/m0/s1. The van der Waals surface area contributed by atoms with Crippen LogP contribution in [0.1, 0.15) is 10.4 Å². The number of rotatable bonds is 9. The second-order valence-electron chi connectivity index (χ2n) is 5.42. The second-order valence-corrected chi connectivity index (χ2v) is 8.70. The third-order valence-electron chi connectivity index (χ3n) is 3.24. The van der Waals surface area contributed by atoms with E-state index >= 15 is 0 Å². The molecule has 0 radical (unpaired) electrons. The van der Waals surface area contributed by atoms with Crippen LogP contribution in [-0.4, -0.2) is 33.8 Å². The van der Waals surface area contributed by atoms with Crippen molar-refractivity contribution >= 4 is 45.3 Å². The first kappa shape index (κ1) is 18.3. The van der Waals surface area contributed by atoms with Gasteiger partial charge < -0.3 is 15.2 Å². The Morgan fingerprint density at radius 1 is 1.24 bits per heavy atom. The topological polar surface area (TPSA) is 67.3 Å². The zero-order chi connectivity index (χ0) is 17.5. The summed E-state index contributed by atoms with van der Waals surface area (Å²) in [6, 6.07) is 12.1. The van der Waals surface area contributed by atoms with Crippen LogP contribution in [0.2, 0.25) is 0 Å². The molecule has 0 saturated heterocycles. The lowest BCUT2D eigenvalue weighted by Gasteiger charge is -2.09. The third-order valence-corrected chi connectivity index (χ3v) is 6.21. The molecule has 0 spiro atoms. The zero-order valence-electron chi connectivity index (χ0n) is 13.7. The lowest BCUT2D eigenvalue weighted by atomic mass is 10.2. The van der Waals surface area contributed by atoms with E-state index in [0.29, 0.717) is 19.0 Å². The zero-order valence-corrected chi connectivity index (χ0v) is 16.2. The number of hydrogen-bond donors (Lipinski definition) is 2. The van der Waals surface area contributed by atoms with Gasteiger partial charge in [-0.1, -0.05) is 46.9 Å². The number of aryl methyl sites for hydroxylation is 1. The fourth-order valence-corrected chi connectivity index (χ4v) is 4.33. The number of thiophene rings is 1. The predicted molar refractivity (Wildman–Crippen MR) is 105 cm³/mol. The molecule has 8 heteroatoms. The van der Waals surface area contributed by atoms with Crippen LogP contribution in [-0.2, 0) is 11.3 Å². The molecule has 0 bridgehead atoms. The molecule has 5 nitrogen and oxygen atoms in total. The van der Waals surface area contributed by atoms with Crippen LogP contribution in [0.4, 0.5) is 10.8 Å². The summed E-state index contributed by atoms with van der Waals surface area (Å²) in [6.45, 7) is 2.92. The predicted octanol–water partition coefficient (Wildman–Crippen LogP) is 4.32. The Morgan fingerprint density at radius 3 is 2.84 bits per heavy atom. The number of hydrogen-bond acceptors (Lipinski definition) is 8. The van der Waals surface area contributed by atoms with Gasteiger partial charge in [0.25, 0.3) is 0 Å². The first-order valence-electron chi connectivity index (χ1n) is 7.77. The van der Waals surface area contributed by atoms with E-state index in [9.17, 15) is 5.11 Å². The number of benzene rings is 1. The monoisotopic (exact) mass is 393 g/mol. The third kappa shape index (κ3) is 6.09. The number of ether oxygens (including phenoxy) is 1. The van der Waals surface area contributed by atoms with Crippen molar-refractivity contribution in [1.82, 2.24) is 10.2 Å². The summed E-state index contributed by atoms with van der Waals surface area (Å²) < 4.78 is 6.35. The lowest BCUT2D eigenvalue weighted by molar-refractivity contribution is 0.0409. The van der Waals surface area contributed by atoms with Crippen LogP contribution in [0.15, 0.2) is 46.1 Å². The van der Waals surface area contributed by atoms with Crippen molar-refractivity contribution in [3.8, 4) is 0 Å². The van der Waals surface area contributed by atoms with E-state index in [-0.39, 0.29) is 0 Å². The van der Waals surface area contributed by atoms with Gasteiger partial charge in [0.2, 0.25) is 5.13 Å². The first-order chi connectivity index (χ1) is 12.2. The smallest absolute Gasteiger partial charge is 0.210 e. The summed E-state index contributed by atoms with van der Waals surface area (Å²) in [7, 11) is 0. The van der Waals surface area contributed by atoms with Crippen molar-refractivity contribution in [2.24, 2.45) is 0 Å². The molecule has 1 aromatic carbocycles. The number of anilines is 2. The van der Waals surface area contributed by atoms with E-state index in [0.717, 1.165) is 20.0 Å². The average molecular weight is 394 g/mol. The van der Waals surface area contributed by atoms with E-state index in [1.165, 1.54) is 28.7 Å². The lowest BCUT2D eigenvalue weighted by Crippen LogP contribution is -2.17. The molecule has 0 saturated carbocycles. The van der Waals surface area contributed by atoms with Crippen molar-refractivity contribution in [2.45, 2.75) is 24.0 Å². The van der Waals surface area contributed by atoms with Crippen molar-refractivity contribution in [3.05, 3.63) is 52.2 Å². The molecule has 3 rings (SSSR count). The molecule has 132 valence electrons. The number of nitrogens with one attached hydrogen (secondary N) is 1. The molecule has 1 atom stereocenters. The Balaban J connectivity index is 1.39. The maximum atomic E-state index is 10.0. The van der Waals surface area contributed by atoms with Crippen LogP contribution in [0, 0.1) is 6.92 Å². The van der Waals surface area contributed by atoms with Crippen LogP contribution in [0.25, 0.3) is 0 Å². The molecule has 0 aliphatic carbocycles. The highest BCUT2D eigenvalue weighted by Gasteiger charge is 2.10. The fourth-order valence-electron chi connectivity index (χ4n) is 1.98. The van der Waals surface area contributed by atoms with Crippen molar-refractivity contribution in [3.63, 3.8) is 0 Å². The van der Waals surface area contributed by atoms with Gasteiger partial charge in [-0.3, -0.25) is 0 Å². The molecule has 0 amide bonds. The molecule has 3 aromatic rings. The van der Waals surface area contributed by atoms with E-state index in [2.05, 4.69) is 22.4 Å². The van der Waals surface area contributed by atoms with Gasteiger partial charge >= 0.3 is 0 Å². The molecule has 2 N–H and O–H groups in total. The van der Waals surface area contributed by atoms with Gasteiger partial charge in [-0.15, -0.1) is 21.5 Å². The Labute approximate surface area is 159 Å². The highest BCUT2D eigenvalue weighted by molar-refractivity contribution is 8.01. The Morgan fingerprint density at radius 2 is 2.08 bits per heavy atom. The summed E-state index contributed by atoms with van der Waals surface area (Å²) >= 11 is 4.62.